The van der Waals surface area contributed by atoms with Crippen molar-refractivity contribution in [1.82, 2.24) is 15.5 Å². The lowest BCUT2D eigenvalue weighted by molar-refractivity contribution is -0.123. The second-order valence-corrected chi connectivity index (χ2v) is 5.00. The van der Waals surface area contributed by atoms with E-state index in [4.69, 9.17) is 11.6 Å². The average molecular weight is 268 g/mol. The maximum atomic E-state index is 11.9. The van der Waals surface area contributed by atoms with Crippen LogP contribution in [0.25, 0.3) is 0 Å². The molecule has 2 rings (SSSR count). The van der Waals surface area contributed by atoms with Crippen LogP contribution in [0, 0.1) is 0 Å². The Morgan fingerprint density at radius 1 is 1.56 bits per heavy atom. The van der Waals surface area contributed by atoms with Gasteiger partial charge in [0.2, 0.25) is 0 Å². The molecule has 2 aliphatic rings. The van der Waals surface area contributed by atoms with E-state index in [9.17, 15) is 4.79 Å². The third-order valence-corrected chi connectivity index (χ3v) is 3.51. The highest BCUT2D eigenvalue weighted by molar-refractivity contribution is 6.42. The first-order chi connectivity index (χ1) is 8.68. The number of hydrogen-bond acceptors (Lipinski definition) is 3. The van der Waals surface area contributed by atoms with Crippen molar-refractivity contribution in [3.63, 3.8) is 0 Å². The molecule has 1 atom stereocenters. The maximum absolute atomic E-state index is 11.9. The Morgan fingerprint density at radius 2 is 2.39 bits per heavy atom. The molecule has 1 fully saturated rings. The summed E-state index contributed by atoms with van der Waals surface area (Å²) in [6.45, 7) is 1.96. The highest BCUT2D eigenvalue weighted by atomic mass is 35.5. The zero-order chi connectivity index (χ0) is 13.0. The molecule has 98 valence electrons. The van der Waals surface area contributed by atoms with E-state index in [1.54, 1.807) is 19.3 Å². The Hall–Kier alpha value is -1.22. The zero-order valence-electron chi connectivity index (χ0n) is 10.5. The van der Waals surface area contributed by atoms with Gasteiger partial charge in [0.15, 0.2) is 0 Å². The van der Waals surface area contributed by atoms with Crippen LogP contribution in [-0.2, 0) is 4.79 Å². The maximum Gasteiger partial charge on any atom is 0.271 e. The van der Waals surface area contributed by atoms with Crippen LogP contribution >= 0.6 is 11.6 Å². The topological polar surface area (TPSA) is 44.4 Å². The standard InChI is InChI=1S/C13H18ClN3O/c1-17-8-4-6-11(12(14)13(17)18)16-10-5-2-3-7-15-9-10/h6,8,10,15-16H,2-3,5,7,9H2,1H3. The van der Waals surface area contributed by atoms with Gasteiger partial charge >= 0.3 is 0 Å². The molecular weight excluding hydrogens is 250 g/mol. The second-order valence-electron chi connectivity index (χ2n) is 4.62. The average Bonchev–Trinajstić information content (AvgIpc) is 2.68. The predicted octanol–water partition coefficient (Wildman–Crippen LogP) is 1.31. The van der Waals surface area contributed by atoms with Gasteiger partial charge in [0.25, 0.3) is 5.91 Å². The smallest absolute Gasteiger partial charge is 0.271 e. The number of allylic oxidation sites excluding steroid dienone is 1. The molecule has 0 saturated carbocycles. The Kier molecular flexibility index (Phi) is 4.48. The summed E-state index contributed by atoms with van der Waals surface area (Å²) in [5.74, 6) is -0.206. The van der Waals surface area contributed by atoms with E-state index in [1.807, 2.05) is 0 Å². The lowest BCUT2D eigenvalue weighted by Crippen LogP contribution is -2.37. The molecule has 0 radical (unpaired) electrons. The fourth-order valence-corrected chi connectivity index (χ4v) is 2.33. The van der Waals surface area contributed by atoms with Crippen molar-refractivity contribution in [2.75, 3.05) is 20.1 Å². The molecule has 1 saturated heterocycles. The first-order valence-electron chi connectivity index (χ1n) is 6.25. The SMILES string of the molecule is CN1C=C=CC(NC2CCCCNC2)=C(Cl)C1=O. The molecule has 0 spiro atoms. The number of rotatable bonds is 2. The van der Waals surface area contributed by atoms with E-state index in [0.29, 0.717) is 11.7 Å². The van der Waals surface area contributed by atoms with Crippen LogP contribution in [0.3, 0.4) is 0 Å². The fourth-order valence-electron chi connectivity index (χ4n) is 2.09. The van der Waals surface area contributed by atoms with Crippen molar-refractivity contribution < 1.29 is 4.79 Å². The second kappa shape index (κ2) is 6.10. The normalized spacial score (nSPS) is 25.1. The van der Waals surface area contributed by atoms with Gasteiger partial charge in [-0.3, -0.25) is 4.79 Å². The van der Waals surface area contributed by atoms with Gasteiger partial charge in [-0.05, 0) is 19.4 Å². The molecule has 0 bridgehead atoms. The van der Waals surface area contributed by atoms with Crippen LogP contribution in [-0.4, -0.2) is 37.0 Å². The molecule has 1 unspecified atom stereocenters. The molecule has 1 amide bonds. The van der Waals surface area contributed by atoms with Gasteiger partial charge in [0, 0.05) is 31.9 Å². The Balaban J connectivity index is 2.11. The summed E-state index contributed by atoms with van der Waals surface area (Å²) in [5, 5.41) is 6.93. The molecule has 2 heterocycles. The monoisotopic (exact) mass is 267 g/mol. The van der Waals surface area contributed by atoms with Gasteiger partial charge in [-0.1, -0.05) is 18.0 Å². The van der Waals surface area contributed by atoms with Crippen LogP contribution in [0.15, 0.2) is 28.7 Å². The summed E-state index contributed by atoms with van der Waals surface area (Å²) >= 11 is 6.11. The highest BCUT2D eigenvalue weighted by Crippen LogP contribution is 2.16. The van der Waals surface area contributed by atoms with Crippen molar-refractivity contribution in [2.45, 2.75) is 25.3 Å². The molecule has 5 heteroatoms. The number of likely N-dealkylation sites (N-methyl/N-ethyl adjacent to an activating group) is 1. The van der Waals surface area contributed by atoms with E-state index in [0.717, 1.165) is 19.5 Å². The van der Waals surface area contributed by atoms with Crippen molar-refractivity contribution in [3.8, 4) is 0 Å². The minimum Gasteiger partial charge on any atom is -0.379 e. The van der Waals surface area contributed by atoms with Gasteiger partial charge in [-0.2, -0.15) is 0 Å². The Labute approximate surface area is 112 Å². The van der Waals surface area contributed by atoms with Crippen LogP contribution < -0.4 is 10.6 Å². The number of nitrogens with one attached hydrogen (secondary N) is 2. The fraction of sp³-hybridized carbons (Fsp3) is 0.538. The lowest BCUT2D eigenvalue weighted by Gasteiger charge is -2.19. The summed E-state index contributed by atoms with van der Waals surface area (Å²) < 4.78 is 0. The van der Waals surface area contributed by atoms with Crippen molar-refractivity contribution in [3.05, 3.63) is 28.7 Å². The number of carbonyl (C=O) groups excluding carboxylic acids is 1. The van der Waals surface area contributed by atoms with Crippen LogP contribution in [0.5, 0.6) is 0 Å². The lowest BCUT2D eigenvalue weighted by atomic mass is 10.1. The van der Waals surface area contributed by atoms with Gasteiger partial charge in [-0.25, -0.2) is 0 Å². The molecule has 18 heavy (non-hydrogen) atoms. The third kappa shape index (κ3) is 3.16. The molecule has 0 aromatic rings. The van der Waals surface area contributed by atoms with E-state index in [2.05, 4.69) is 16.4 Å². The van der Waals surface area contributed by atoms with Crippen LogP contribution in [0.4, 0.5) is 0 Å². The number of amides is 1. The molecule has 0 aliphatic carbocycles. The van der Waals surface area contributed by atoms with E-state index in [-0.39, 0.29) is 10.9 Å². The first kappa shape index (κ1) is 13.2. The minimum absolute atomic E-state index is 0.206. The van der Waals surface area contributed by atoms with Gasteiger partial charge < -0.3 is 15.5 Å². The molecular formula is C13H18ClN3O. The molecule has 0 aromatic heterocycles. The van der Waals surface area contributed by atoms with Crippen molar-refractivity contribution in [1.29, 1.82) is 0 Å². The van der Waals surface area contributed by atoms with Crippen LogP contribution in [0.2, 0.25) is 0 Å². The van der Waals surface area contributed by atoms with Crippen molar-refractivity contribution >= 4 is 17.5 Å². The number of halogens is 1. The van der Waals surface area contributed by atoms with E-state index in [1.165, 1.54) is 17.7 Å². The quantitative estimate of drug-likeness (QED) is 0.742. The summed E-state index contributed by atoms with van der Waals surface area (Å²) in [5.41, 5.74) is 3.61. The number of nitrogens with zero attached hydrogens (tertiary/aromatic N) is 1. The summed E-state index contributed by atoms with van der Waals surface area (Å²) in [4.78, 5) is 13.3. The molecule has 2 N–H and O–H groups in total. The summed E-state index contributed by atoms with van der Waals surface area (Å²) in [6, 6.07) is 0.311. The molecule has 0 aromatic carbocycles. The van der Waals surface area contributed by atoms with Gasteiger partial charge in [0.05, 0.1) is 5.70 Å². The van der Waals surface area contributed by atoms with Crippen LogP contribution in [0.1, 0.15) is 19.3 Å². The van der Waals surface area contributed by atoms with E-state index < -0.39 is 0 Å². The number of carbonyl (C=O) groups is 1. The third-order valence-electron chi connectivity index (χ3n) is 3.15. The van der Waals surface area contributed by atoms with Gasteiger partial charge in [0.1, 0.15) is 5.03 Å². The Morgan fingerprint density at radius 3 is 3.22 bits per heavy atom. The first-order valence-corrected chi connectivity index (χ1v) is 6.63. The zero-order valence-corrected chi connectivity index (χ0v) is 11.3. The van der Waals surface area contributed by atoms with Gasteiger partial charge in [-0.15, -0.1) is 5.73 Å². The molecule has 4 nitrogen and oxygen atoms in total. The molecule has 2 aliphatic heterocycles. The largest absolute Gasteiger partial charge is 0.379 e. The van der Waals surface area contributed by atoms with E-state index >= 15 is 0 Å². The Bertz CT molecular complexity index is 416. The summed E-state index contributed by atoms with van der Waals surface area (Å²) in [6.07, 6.45) is 6.78. The summed E-state index contributed by atoms with van der Waals surface area (Å²) in [7, 11) is 1.67. The predicted molar refractivity (Wildman–Crippen MR) is 71.9 cm³/mol. The minimum atomic E-state index is -0.206. The van der Waals surface area contributed by atoms with Crippen molar-refractivity contribution in [2.24, 2.45) is 0 Å². The highest BCUT2D eigenvalue weighted by Gasteiger charge is 2.19. The number of hydrogen-bond donors (Lipinski definition) is 2.